The van der Waals surface area contributed by atoms with Crippen LogP contribution in [0.3, 0.4) is 0 Å². The lowest BCUT2D eigenvalue weighted by molar-refractivity contribution is -0.140. The Morgan fingerprint density at radius 3 is 2.06 bits per heavy atom. The summed E-state index contributed by atoms with van der Waals surface area (Å²) in [4.78, 5) is 25.1. The van der Waals surface area contributed by atoms with Gasteiger partial charge in [0.2, 0.25) is 0 Å². The van der Waals surface area contributed by atoms with Crippen LogP contribution in [0, 0.1) is 17.8 Å². The third kappa shape index (κ3) is 8.00. The van der Waals surface area contributed by atoms with Crippen molar-refractivity contribution in [1.82, 2.24) is 0 Å². The summed E-state index contributed by atoms with van der Waals surface area (Å²) in [6, 6.07) is 14.3. The van der Waals surface area contributed by atoms with E-state index in [4.69, 9.17) is 9.47 Å². The van der Waals surface area contributed by atoms with Gasteiger partial charge in [-0.25, -0.2) is 4.79 Å². The van der Waals surface area contributed by atoms with Gasteiger partial charge in [0.05, 0.1) is 11.5 Å². The van der Waals surface area contributed by atoms with Gasteiger partial charge in [-0.15, -0.1) is 0 Å². The van der Waals surface area contributed by atoms with Crippen LogP contribution in [0.5, 0.6) is 11.5 Å². The molecule has 0 saturated heterocycles. The fourth-order valence-electron chi connectivity index (χ4n) is 4.63. The monoisotopic (exact) mass is 464 g/mol. The molecular weight excluding hydrogens is 424 g/mol. The lowest BCUT2D eigenvalue weighted by atomic mass is 9.80. The fraction of sp³-hybridized carbons (Fsp3) is 0.533. The Hall–Kier alpha value is -2.62. The summed E-state index contributed by atoms with van der Waals surface area (Å²) >= 11 is 0. The summed E-state index contributed by atoms with van der Waals surface area (Å²) in [5.74, 6) is 1.76. The Labute approximate surface area is 205 Å². The van der Waals surface area contributed by atoms with Gasteiger partial charge in [-0.1, -0.05) is 65.0 Å². The molecule has 1 fully saturated rings. The van der Waals surface area contributed by atoms with E-state index in [0.717, 1.165) is 44.4 Å². The van der Waals surface area contributed by atoms with E-state index in [-0.39, 0.29) is 11.9 Å². The second-order valence-electron chi connectivity index (χ2n) is 9.91. The molecule has 0 aromatic heterocycles. The van der Waals surface area contributed by atoms with Crippen molar-refractivity contribution in [2.45, 2.75) is 85.0 Å². The van der Waals surface area contributed by atoms with Crippen molar-refractivity contribution >= 4 is 11.9 Å². The Morgan fingerprint density at radius 1 is 0.853 bits per heavy atom. The molecule has 1 aliphatic carbocycles. The predicted molar refractivity (Wildman–Crippen MR) is 136 cm³/mol. The van der Waals surface area contributed by atoms with Gasteiger partial charge in [-0.05, 0) is 85.9 Å². The second-order valence-corrected chi connectivity index (χ2v) is 9.91. The van der Waals surface area contributed by atoms with Gasteiger partial charge in [-0.2, -0.15) is 0 Å². The topological polar surface area (TPSA) is 52.6 Å². The van der Waals surface area contributed by atoms with Crippen LogP contribution < -0.4 is 9.47 Å². The number of benzene rings is 2. The van der Waals surface area contributed by atoms with Gasteiger partial charge < -0.3 is 9.47 Å². The zero-order valence-electron chi connectivity index (χ0n) is 21.1. The Kier molecular flexibility index (Phi) is 10.2. The Bertz CT molecular complexity index is 892. The molecule has 0 radical (unpaired) electrons. The van der Waals surface area contributed by atoms with Crippen molar-refractivity contribution in [1.29, 1.82) is 0 Å². The van der Waals surface area contributed by atoms with Gasteiger partial charge in [0.15, 0.2) is 0 Å². The lowest BCUT2D eigenvalue weighted by Crippen LogP contribution is -2.25. The van der Waals surface area contributed by atoms with Crippen LogP contribution in [-0.2, 0) is 11.2 Å². The summed E-state index contributed by atoms with van der Waals surface area (Å²) in [6.07, 6.45) is 11.4. The minimum absolute atomic E-state index is 0.0109. The Morgan fingerprint density at radius 2 is 1.47 bits per heavy atom. The van der Waals surface area contributed by atoms with E-state index in [9.17, 15) is 9.59 Å². The maximum absolute atomic E-state index is 12.6. The largest absolute Gasteiger partial charge is 0.426 e. The molecule has 0 spiro atoms. The van der Waals surface area contributed by atoms with Gasteiger partial charge in [0.1, 0.15) is 11.5 Å². The van der Waals surface area contributed by atoms with Gasteiger partial charge in [-0.3, -0.25) is 4.79 Å². The molecule has 1 saturated carbocycles. The quantitative estimate of drug-likeness (QED) is 0.193. The minimum atomic E-state index is -0.393. The molecule has 0 bridgehead atoms. The molecule has 1 aliphatic rings. The molecule has 0 N–H and O–H groups in total. The molecule has 34 heavy (non-hydrogen) atoms. The van der Waals surface area contributed by atoms with E-state index in [2.05, 4.69) is 20.8 Å². The molecule has 184 valence electrons. The number of rotatable bonds is 11. The van der Waals surface area contributed by atoms with Gasteiger partial charge >= 0.3 is 11.9 Å². The SMILES string of the molecule is CCCCC[C@H]1CC[C@H](C(=O)Oc2ccc(OC(=O)c3ccc(C[C@@H](C)CC)cc3)cc2)CC1. The average molecular weight is 465 g/mol. The van der Waals surface area contributed by atoms with Crippen molar-refractivity contribution < 1.29 is 19.1 Å². The summed E-state index contributed by atoms with van der Waals surface area (Å²) in [6.45, 7) is 6.64. The summed E-state index contributed by atoms with van der Waals surface area (Å²) in [7, 11) is 0. The first-order chi connectivity index (χ1) is 16.5. The molecule has 0 aliphatic heterocycles. The summed E-state index contributed by atoms with van der Waals surface area (Å²) in [5.41, 5.74) is 1.75. The van der Waals surface area contributed by atoms with Crippen LogP contribution in [0.25, 0.3) is 0 Å². The first-order valence-corrected chi connectivity index (χ1v) is 13.1. The molecule has 0 unspecified atom stereocenters. The van der Waals surface area contributed by atoms with Crippen LogP contribution >= 0.6 is 0 Å². The van der Waals surface area contributed by atoms with Crippen molar-refractivity contribution in [3.8, 4) is 11.5 Å². The number of carbonyl (C=O) groups is 2. The molecule has 0 heterocycles. The van der Waals surface area contributed by atoms with Crippen LogP contribution in [-0.4, -0.2) is 11.9 Å². The van der Waals surface area contributed by atoms with Crippen molar-refractivity contribution in [2.24, 2.45) is 17.8 Å². The molecule has 0 amide bonds. The van der Waals surface area contributed by atoms with Crippen LogP contribution in [0.4, 0.5) is 0 Å². The number of hydrogen-bond acceptors (Lipinski definition) is 4. The molecule has 4 nitrogen and oxygen atoms in total. The van der Waals surface area contributed by atoms with Gasteiger partial charge in [0, 0.05) is 0 Å². The second kappa shape index (κ2) is 13.3. The maximum Gasteiger partial charge on any atom is 0.343 e. The number of carbonyl (C=O) groups excluding carboxylic acids is 2. The molecule has 2 aromatic carbocycles. The highest BCUT2D eigenvalue weighted by Crippen LogP contribution is 2.33. The van der Waals surface area contributed by atoms with Crippen molar-refractivity contribution in [2.75, 3.05) is 0 Å². The predicted octanol–water partition coefficient (Wildman–Crippen LogP) is 7.79. The smallest absolute Gasteiger partial charge is 0.343 e. The zero-order valence-corrected chi connectivity index (χ0v) is 21.1. The normalized spacial score (nSPS) is 18.8. The molecule has 4 heteroatoms. The first-order valence-electron chi connectivity index (χ1n) is 13.1. The number of unbranched alkanes of at least 4 members (excludes halogenated alkanes) is 2. The van der Waals surface area contributed by atoms with Gasteiger partial charge in [0.25, 0.3) is 0 Å². The summed E-state index contributed by atoms with van der Waals surface area (Å²) < 4.78 is 11.1. The molecular formula is C30H40O4. The molecule has 1 atom stereocenters. The van der Waals surface area contributed by atoms with Crippen molar-refractivity contribution in [3.63, 3.8) is 0 Å². The number of hydrogen-bond donors (Lipinski definition) is 0. The first kappa shape index (κ1) is 26.0. The lowest BCUT2D eigenvalue weighted by Gasteiger charge is -2.27. The van der Waals surface area contributed by atoms with Crippen molar-refractivity contribution in [3.05, 3.63) is 59.7 Å². The number of esters is 2. The van der Waals surface area contributed by atoms with E-state index in [0.29, 0.717) is 23.0 Å². The van der Waals surface area contributed by atoms with Crippen LogP contribution in [0.2, 0.25) is 0 Å². The minimum Gasteiger partial charge on any atom is -0.426 e. The van der Waals surface area contributed by atoms with E-state index in [1.807, 2.05) is 24.3 Å². The standard InChI is InChI=1S/C30H40O4/c1-4-6-7-8-23-9-13-25(14-10-23)29(31)33-27-17-19-28(20-18-27)34-30(32)26-15-11-24(12-16-26)21-22(3)5-2/h11-12,15-20,22-23,25H,4-10,13-14,21H2,1-3H3/t22-,23-,25-/m0/s1. The third-order valence-electron chi connectivity index (χ3n) is 7.12. The highest BCUT2D eigenvalue weighted by atomic mass is 16.5. The molecule has 3 rings (SSSR count). The van der Waals surface area contributed by atoms with Crippen LogP contribution in [0.15, 0.2) is 48.5 Å². The fourth-order valence-corrected chi connectivity index (χ4v) is 4.63. The summed E-state index contributed by atoms with van der Waals surface area (Å²) in [5, 5.41) is 0. The zero-order chi connectivity index (χ0) is 24.3. The highest BCUT2D eigenvalue weighted by Gasteiger charge is 2.27. The van der Waals surface area contributed by atoms with E-state index < -0.39 is 5.97 Å². The average Bonchev–Trinajstić information content (AvgIpc) is 2.86. The van der Waals surface area contributed by atoms with E-state index in [1.54, 1.807) is 24.3 Å². The Balaban J connectivity index is 1.45. The van der Waals surface area contributed by atoms with E-state index in [1.165, 1.54) is 31.2 Å². The van der Waals surface area contributed by atoms with Crippen LogP contribution in [0.1, 0.15) is 94.5 Å². The number of ether oxygens (including phenoxy) is 2. The molecule has 2 aromatic rings. The third-order valence-corrected chi connectivity index (χ3v) is 7.12. The van der Waals surface area contributed by atoms with E-state index >= 15 is 0 Å². The highest BCUT2D eigenvalue weighted by molar-refractivity contribution is 5.91. The maximum atomic E-state index is 12.6.